The van der Waals surface area contributed by atoms with Gasteiger partial charge >= 0.3 is 0 Å². The second-order valence-electron chi connectivity index (χ2n) is 2.29. The van der Waals surface area contributed by atoms with Crippen LogP contribution in [0.2, 0.25) is 0 Å². The Kier molecular flexibility index (Phi) is 9.11. The average molecular weight is 492 g/mol. The summed E-state index contributed by atoms with van der Waals surface area (Å²) < 4.78 is 0. The fraction of sp³-hybridized carbons (Fsp3) is 0.375. The molecule has 62 valence electrons. The zero-order chi connectivity index (χ0) is 6.69. The molecule has 0 atom stereocenters. The first kappa shape index (κ1) is 14.0. The molecule has 1 aromatic heterocycles. The molecule has 0 saturated carbocycles. The Bertz CT molecular complexity index is 175. The molecule has 0 unspecified atom stereocenters. The molecule has 0 fully saturated rings. The van der Waals surface area contributed by atoms with Crippen LogP contribution in [0.3, 0.4) is 0 Å². The van der Waals surface area contributed by atoms with Crippen LogP contribution >= 0.6 is 0 Å². The Labute approximate surface area is 95.3 Å². The van der Waals surface area contributed by atoms with Crippen molar-refractivity contribution < 1.29 is 40.8 Å². The maximum absolute atomic E-state index is 3.75. The molecule has 0 N–H and O–H groups in total. The van der Waals surface area contributed by atoms with E-state index in [1.807, 2.05) is 6.07 Å². The summed E-state index contributed by atoms with van der Waals surface area (Å²) in [5.41, 5.74) is 1.17. The normalized spacial score (nSPS) is 8.27. The van der Waals surface area contributed by atoms with Gasteiger partial charge in [-0.2, -0.15) is 12.4 Å². The first-order valence-electron chi connectivity index (χ1n) is 3.04. The average Bonchev–Trinajstić information content (AvgIpc) is 1.90. The Hall–Kier alpha value is 0.475. The molecule has 0 aliphatic heterocycles. The van der Waals surface area contributed by atoms with Crippen molar-refractivity contribution in [3.63, 3.8) is 0 Å². The van der Waals surface area contributed by atoms with Crippen molar-refractivity contribution in [3.05, 3.63) is 30.1 Å². The summed E-state index contributed by atoms with van der Waals surface area (Å²) in [6.45, 7) is 4.25. The molecule has 1 aromatic rings. The molecule has 0 aliphatic rings. The number of rotatable bonds is 1. The van der Waals surface area contributed by atoms with Crippen LogP contribution < -0.4 is 0 Å². The monoisotopic (exact) mass is 493 g/mol. The van der Waals surface area contributed by atoms with Gasteiger partial charge in [-0.05, 0) is 0 Å². The molecular weight excluding hydrogens is 483 g/mol. The summed E-state index contributed by atoms with van der Waals surface area (Å²) >= 11 is 0. The molecule has 0 aromatic carbocycles. The summed E-state index contributed by atoms with van der Waals surface area (Å²) in [4.78, 5) is 3.75. The number of hydrogen-bond donors (Lipinski definition) is 0. The predicted molar refractivity (Wildman–Crippen MR) is 36.0 cm³/mol. The van der Waals surface area contributed by atoms with E-state index in [0.717, 1.165) is 0 Å². The van der Waals surface area contributed by atoms with Gasteiger partial charge in [0, 0.05) is 40.8 Å². The first-order chi connectivity index (χ1) is 4.30. The largest absolute Gasteiger partial charge is 0.434 e. The van der Waals surface area contributed by atoms with Gasteiger partial charge in [0.2, 0.25) is 0 Å². The van der Waals surface area contributed by atoms with Crippen molar-refractivity contribution in [2.24, 2.45) is 0 Å². The van der Waals surface area contributed by atoms with Gasteiger partial charge < -0.3 is 22.7 Å². The topological polar surface area (TPSA) is 12.9 Å². The van der Waals surface area contributed by atoms with Crippen molar-refractivity contribution >= 4 is 0 Å². The van der Waals surface area contributed by atoms with Gasteiger partial charge in [-0.3, -0.25) is 0 Å². The van der Waals surface area contributed by atoms with E-state index in [-0.39, 0.29) is 40.8 Å². The molecular formula is C8H9NRe2-2. The zero-order valence-corrected chi connectivity index (χ0v) is 11.9. The second kappa shape index (κ2) is 7.14. The third-order valence-corrected chi connectivity index (χ3v) is 1.21. The fourth-order valence-corrected chi connectivity index (χ4v) is 0.626. The van der Waals surface area contributed by atoms with Gasteiger partial charge in [-0.25, -0.2) is 0 Å². The Morgan fingerprint density at radius 3 is 2.27 bits per heavy atom. The van der Waals surface area contributed by atoms with Crippen LogP contribution in [-0.4, -0.2) is 4.98 Å². The molecule has 1 rings (SSSR count). The van der Waals surface area contributed by atoms with Crippen molar-refractivity contribution in [1.29, 1.82) is 0 Å². The standard InChI is InChI=1S/C8H9N.2Re/c1-7(2)8-3-5-9-6-4-8;;/h3,6-7H,1-2H3;;/q-2;;. The fourth-order valence-electron chi connectivity index (χ4n) is 0.626. The molecule has 0 saturated heterocycles. The van der Waals surface area contributed by atoms with Crippen LogP contribution in [-0.2, 0) is 40.8 Å². The summed E-state index contributed by atoms with van der Waals surface area (Å²) in [6, 6.07) is 4.89. The maximum atomic E-state index is 3.75. The number of nitrogens with zero attached hydrogens (tertiary/aromatic N) is 1. The molecule has 1 heterocycles. The molecule has 3 heteroatoms. The van der Waals surface area contributed by atoms with Crippen LogP contribution in [0.1, 0.15) is 25.3 Å². The van der Waals surface area contributed by atoms with Gasteiger partial charge in [0.05, 0.1) is 0 Å². The first-order valence-corrected chi connectivity index (χ1v) is 3.04. The van der Waals surface area contributed by atoms with Crippen LogP contribution in [0.15, 0.2) is 12.3 Å². The van der Waals surface area contributed by atoms with E-state index in [4.69, 9.17) is 0 Å². The van der Waals surface area contributed by atoms with Crippen molar-refractivity contribution in [2.75, 3.05) is 0 Å². The van der Waals surface area contributed by atoms with Crippen LogP contribution in [0, 0.1) is 12.3 Å². The van der Waals surface area contributed by atoms with Crippen LogP contribution in [0.5, 0.6) is 0 Å². The quantitative estimate of drug-likeness (QED) is 0.546. The summed E-state index contributed by atoms with van der Waals surface area (Å²) in [6.07, 6.45) is 4.41. The molecule has 0 amide bonds. The zero-order valence-electron chi connectivity index (χ0n) is 6.44. The molecule has 2 radical (unpaired) electrons. The minimum Gasteiger partial charge on any atom is -0.434 e. The van der Waals surface area contributed by atoms with Gasteiger partial charge in [-0.15, -0.1) is 0 Å². The maximum Gasteiger partial charge on any atom is 0 e. The third kappa shape index (κ3) is 4.83. The van der Waals surface area contributed by atoms with Gasteiger partial charge in [-0.1, -0.05) is 19.8 Å². The third-order valence-electron chi connectivity index (χ3n) is 1.21. The summed E-state index contributed by atoms with van der Waals surface area (Å²) in [5, 5.41) is 0. The number of pyridine rings is 1. The molecule has 11 heavy (non-hydrogen) atoms. The Balaban J connectivity index is 0. The van der Waals surface area contributed by atoms with E-state index in [1.54, 1.807) is 6.20 Å². The van der Waals surface area contributed by atoms with Crippen LogP contribution in [0.25, 0.3) is 0 Å². The van der Waals surface area contributed by atoms with E-state index in [1.165, 1.54) is 5.56 Å². The molecule has 0 bridgehead atoms. The Morgan fingerprint density at radius 2 is 2.00 bits per heavy atom. The molecule has 0 spiro atoms. The Morgan fingerprint density at radius 1 is 1.36 bits per heavy atom. The smallest absolute Gasteiger partial charge is 0 e. The van der Waals surface area contributed by atoms with Crippen molar-refractivity contribution in [2.45, 2.75) is 19.8 Å². The predicted octanol–water partition coefficient (Wildman–Crippen LogP) is 1.80. The van der Waals surface area contributed by atoms with E-state index in [0.29, 0.717) is 5.92 Å². The van der Waals surface area contributed by atoms with E-state index in [2.05, 4.69) is 31.1 Å². The van der Waals surface area contributed by atoms with Gasteiger partial charge in [0.15, 0.2) is 0 Å². The SMILES string of the molecule is CC(C)c1[c-]cn[c-]c1.[Re].[Re]. The molecule has 0 aliphatic carbocycles. The number of aromatic nitrogens is 1. The summed E-state index contributed by atoms with van der Waals surface area (Å²) in [7, 11) is 0. The van der Waals surface area contributed by atoms with Crippen molar-refractivity contribution in [1.82, 2.24) is 4.98 Å². The van der Waals surface area contributed by atoms with Gasteiger partial charge in [0.1, 0.15) is 0 Å². The van der Waals surface area contributed by atoms with Gasteiger partial charge in [0.25, 0.3) is 0 Å². The minimum absolute atomic E-state index is 0. The number of hydrogen-bond acceptors (Lipinski definition) is 1. The minimum atomic E-state index is 0. The second-order valence-corrected chi connectivity index (χ2v) is 2.29. The van der Waals surface area contributed by atoms with E-state index >= 15 is 0 Å². The van der Waals surface area contributed by atoms with E-state index in [9.17, 15) is 0 Å². The van der Waals surface area contributed by atoms with E-state index < -0.39 is 0 Å². The summed E-state index contributed by atoms with van der Waals surface area (Å²) in [5.74, 6) is 0.532. The molecule has 1 nitrogen and oxygen atoms in total. The van der Waals surface area contributed by atoms with Crippen LogP contribution in [0.4, 0.5) is 0 Å². The van der Waals surface area contributed by atoms with Crippen molar-refractivity contribution in [3.8, 4) is 0 Å².